The monoisotopic (exact) mass is 490 g/mol. The van der Waals surface area contributed by atoms with Crippen molar-refractivity contribution in [2.24, 2.45) is 0 Å². The highest BCUT2D eigenvalue weighted by molar-refractivity contribution is 9.10. The number of halogens is 3. The van der Waals surface area contributed by atoms with Crippen molar-refractivity contribution in [2.45, 2.75) is 0 Å². The van der Waals surface area contributed by atoms with E-state index in [1.807, 2.05) is 42.5 Å². The standard InChI is InChI=1S/C12H10ClNO.C10H7BrClNO/c1-3-9-10(13)6-4-8-5-7-11(15-2)14-12(8)9;1-14-6-2-3-9-7(4-6)10(11)8(12)5-13-9/h3-7H,1H2,2H3;2-5H,1H3. The van der Waals surface area contributed by atoms with Crippen molar-refractivity contribution in [2.75, 3.05) is 14.2 Å². The number of methoxy groups -OCH3 is 2. The second-order valence-electron chi connectivity index (χ2n) is 5.89. The summed E-state index contributed by atoms with van der Waals surface area (Å²) in [5.41, 5.74) is 2.55. The zero-order valence-electron chi connectivity index (χ0n) is 15.7. The van der Waals surface area contributed by atoms with Crippen molar-refractivity contribution in [3.8, 4) is 11.6 Å². The van der Waals surface area contributed by atoms with Gasteiger partial charge in [0.25, 0.3) is 0 Å². The van der Waals surface area contributed by atoms with Crippen molar-refractivity contribution in [1.82, 2.24) is 9.97 Å². The zero-order chi connectivity index (χ0) is 21.0. The van der Waals surface area contributed by atoms with Crippen LogP contribution in [0.2, 0.25) is 10.0 Å². The Hall–Kier alpha value is -2.34. The minimum atomic E-state index is 0.577. The van der Waals surface area contributed by atoms with Gasteiger partial charge >= 0.3 is 0 Å². The molecule has 0 N–H and O–H groups in total. The van der Waals surface area contributed by atoms with Crippen LogP contribution in [0, 0.1) is 0 Å². The molecule has 7 heteroatoms. The van der Waals surface area contributed by atoms with Crippen molar-refractivity contribution >= 4 is 67.0 Å². The third kappa shape index (κ3) is 4.64. The van der Waals surface area contributed by atoms with Crippen LogP contribution in [0.5, 0.6) is 11.6 Å². The lowest BCUT2D eigenvalue weighted by Crippen LogP contribution is -1.90. The number of fused-ring (bicyclic) bond motifs is 2. The van der Waals surface area contributed by atoms with Gasteiger partial charge in [0.2, 0.25) is 5.88 Å². The molecule has 4 rings (SSSR count). The first-order valence-corrected chi connectivity index (χ1v) is 10.1. The average Bonchev–Trinajstić information content (AvgIpc) is 2.76. The third-order valence-electron chi connectivity index (χ3n) is 4.20. The average molecular weight is 492 g/mol. The van der Waals surface area contributed by atoms with Crippen molar-refractivity contribution in [1.29, 1.82) is 0 Å². The number of hydrogen-bond donors (Lipinski definition) is 0. The maximum absolute atomic E-state index is 6.05. The summed E-state index contributed by atoms with van der Waals surface area (Å²) < 4.78 is 11.0. The van der Waals surface area contributed by atoms with Gasteiger partial charge in [-0.1, -0.05) is 41.9 Å². The summed E-state index contributed by atoms with van der Waals surface area (Å²) in [6.45, 7) is 3.73. The van der Waals surface area contributed by atoms with Crippen LogP contribution in [0.1, 0.15) is 5.56 Å². The molecule has 0 saturated heterocycles. The van der Waals surface area contributed by atoms with Crippen molar-refractivity contribution in [3.63, 3.8) is 0 Å². The highest BCUT2D eigenvalue weighted by Crippen LogP contribution is 2.31. The minimum Gasteiger partial charge on any atom is -0.497 e. The van der Waals surface area contributed by atoms with Crippen LogP contribution in [0.4, 0.5) is 0 Å². The summed E-state index contributed by atoms with van der Waals surface area (Å²) in [5, 5.41) is 3.23. The van der Waals surface area contributed by atoms with Gasteiger partial charge in [-0.05, 0) is 46.3 Å². The van der Waals surface area contributed by atoms with E-state index in [1.54, 1.807) is 26.5 Å². The molecule has 2 heterocycles. The molecule has 0 saturated carbocycles. The van der Waals surface area contributed by atoms with E-state index in [-0.39, 0.29) is 0 Å². The SMILES string of the molecule is C=Cc1c(Cl)ccc2ccc(OC)nc12.COc1ccc2ncc(Cl)c(Br)c2c1. The Labute approximate surface area is 187 Å². The van der Waals surface area contributed by atoms with E-state index in [0.717, 1.165) is 37.6 Å². The van der Waals surface area contributed by atoms with E-state index in [2.05, 4.69) is 32.5 Å². The molecule has 0 atom stereocenters. The van der Waals surface area contributed by atoms with Crippen LogP contribution >= 0.6 is 39.1 Å². The second-order valence-corrected chi connectivity index (χ2v) is 7.50. The summed E-state index contributed by atoms with van der Waals surface area (Å²) >= 11 is 15.4. The van der Waals surface area contributed by atoms with E-state index >= 15 is 0 Å². The fraction of sp³-hybridized carbons (Fsp3) is 0.0909. The quantitative estimate of drug-likeness (QED) is 0.304. The lowest BCUT2D eigenvalue weighted by atomic mass is 10.1. The van der Waals surface area contributed by atoms with Gasteiger partial charge in [0.05, 0.1) is 30.3 Å². The summed E-state index contributed by atoms with van der Waals surface area (Å²) in [6, 6.07) is 13.2. The van der Waals surface area contributed by atoms with Gasteiger partial charge in [-0.3, -0.25) is 4.98 Å². The van der Waals surface area contributed by atoms with Crippen LogP contribution in [0.25, 0.3) is 27.9 Å². The Morgan fingerprint density at radius 3 is 2.45 bits per heavy atom. The molecule has 0 spiro atoms. The topological polar surface area (TPSA) is 44.2 Å². The largest absolute Gasteiger partial charge is 0.497 e. The molecule has 0 aliphatic carbocycles. The first-order chi connectivity index (χ1) is 14.0. The molecule has 29 heavy (non-hydrogen) atoms. The molecule has 2 aromatic heterocycles. The van der Waals surface area contributed by atoms with Crippen LogP contribution in [0.3, 0.4) is 0 Å². The fourth-order valence-corrected chi connectivity index (χ4v) is 3.52. The van der Waals surface area contributed by atoms with E-state index in [4.69, 9.17) is 32.7 Å². The van der Waals surface area contributed by atoms with E-state index in [0.29, 0.717) is 15.9 Å². The smallest absolute Gasteiger partial charge is 0.213 e. The molecular weight excluding hydrogens is 475 g/mol. The van der Waals surface area contributed by atoms with Crippen LogP contribution in [-0.2, 0) is 0 Å². The molecule has 0 aliphatic heterocycles. The molecule has 0 aliphatic rings. The van der Waals surface area contributed by atoms with Gasteiger partial charge in [0, 0.05) is 38.1 Å². The Morgan fingerprint density at radius 1 is 1.00 bits per heavy atom. The number of rotatable bonds is 3. The second kappa shape index (κ2) is 9.44. The zero-order valence-corrected chi connectivity index (χ0v) is 18.8. The lowest BCUT2D eigenvalue weighted by molar-refractivity contribution is 0.399. The predicted octanol–water partition coefficient (Wildman–Crippen LogP) is 7.20. The molecule has 0 amide bonds. The number of hydrogen-bond acceptors (Lipinski definition) is 4. The predicted molar refractivity (Wildman–Crippen MR) is 124 cm³/mol. The number of nitrogens with zero attached hydrogens (tertiary/aromatic N) is 2. The first kappa shape index (κ1) is 21.4. The van der Waals surface area contributed by atoms with E-state index in [9.17, 15) is 0 Å². The summed E-state index contributed by atoms with van der Waals surface area (Å²) in [5.74, 6) is 1.37. The lowest BCUT2D eigenvalue weighted by Gasteiger charge is -2.05. The molecule has 148 valence electrons. The molecule has 0 unspecified atom stereocenters. The molecule has 4 nitrogen and oxygen atoms in total. The number of benzene rings is 2. The van der Waals surface area contributed by atoms with Crippen molar-refractivity contribution < 1.29 is 9.47 Å². The highest BCUT2D eigenvalue weighted by atomic mass is 79.9. The molecule has 0 radical (unpaired) electrons. The summed E-state index contributed by atoms with van der Waals surface area (Å²) in [7, 11) is 3.22. The Bertz CT molecular complexity index is 1200. The normalized spacial score (nSPS) is 10.4. The Kier molecular flexibility index (Phi) is 6.96. The number of ether oxygens (including phenoxy) is 2. The summed E-state index contributed by atoms with van der Waals surface area (Å²) in [6.07, 6.45) is 3.33. The van der Waals surface area contributed by atoms with E-state index < -0.39 is 0 Å². The molecule has 2 aromatic carbocycles. The maximum atomic E-state index is 6.05. The fourth-order valence-electron chi connectivity index (χ4n) is 2.72. The maximum Gasteiger partial charge on any atom is 0.213 e. The van der Waals surface area contributed by atoms with Crippen LogP contribution in [-0.4, -0.2) is 24.2 Å². The first-order valence-electron chi connectivity index (χ1n) is 8.52. The Balaban J connectivity index is 0.000000166. The molecule has 0 fully saturated rings. The number of pyridine rings is 2. The van der Waals surface area contributed by atoms with Crippen LogP contribution < -0.4 is 9.47 Å². The minimum absolute atomic E-state index is 0.577. The summed E-state index contributed by atoms with van der Waals surface area (Å²) in [4.78, 5) is 8.55. The van der Waals surface area contributed by atoms with Gasteiger partial charge in [-0.2, -0.15) is 0 Å². The Morgan fingerprint density at radius 2 is 1.76 bits per heavy atom. The van der Waals surface area contributed by atoms with Gasteiger partial charge in [0.15, 0.2) is 0 Å². The van der Waals surface area contributed by atoms with Gasteiger partial charge < -0.3 is 9.47 Å². The van der Waals surface area contributed by atoms with Crippen molar-refractivity contribution in [3.05, 3.63) is 75.3 Å². The molecular formula is C22H17BrCl2N2O2. The molecule has 4 aromatic rings. The van der Waals surface area contributed by atoms with E-state index in [1.165, 1.54) is 0 Å². The third-order valence-corrected chi connectivity index (χ3v) is 5.90. The molecule has 0 bridgehead atoms. The van der Waals surface area contributed by atoms with Gasteiger partial charge in [-0.15, -0.1) is 0 Å². The van der Waals surface area contributed by atoms with Crippen LogP contribution in [0.15, 0.2) is 59.7 Å². The van der Waals surface area contributed by atoms with Gasteiger partial charge in [0.1, 0.15) is 5.75 Å². The number of aromatic nitrogens is 2. The van der Waals surface area contributed by atoms with Gasteiger partial charge in [-0.25, -0.2) is 4.98 Å². The highest BCUT2D eigenvalue weighted by Gasteiger charge is 2.06.